The number of rotatable bonds is 4. The largest absolute Gasteiger partial charge is 0.444 e. The van der Waals surface area contributed by atoms with E-state index in [0.29, 0.717) is 5.69 Å². The highest BCUT2D eigenvalue weighted by molar-refractivity contribution is 7.91. The molecule has 0 bridgehead atoms. The zero-order chi connectivity index (χ0) is 15.4. The van der Waals surface area contributed by atoms with Crippen molar-refractivity contribution in [2.24, 2.45) is 0 Å². The lowest BCUT2D eigenvalue weighted by Gasteiger charge is -2.19. The van der Waals surface area contributed by atoms with E-state index in [2.05, 4.69) is 5.32 Å². The first-order valence-corrected chi connectivity index (χ1v) is 7.80. The molecule has 0 unspecified atom stereocenters. The molecular weight excluding hydrogens is 280 g/mol. The summed E-state index contributed by atoms with van der Waals surface area (Å²) in [5, 5.41) is 2.41. The minimum absolute atomic E-state index is 0.0123. The predicted molar refractivity (Wildman–Crippen MR) is 77.1 cm³/mol. The van der Waals surface area contributed by atoms with Crippen molar-refractivity contribution in [2.45, 2.75) is 31.3 Å². The molecular formula is C13H20N2O4S. The van der Waals surface area contributed by atoms with Gasteiger partial charge in [-0.1, -0.05) is 0 Å². The molecule has 0 radical (unpaired) electrons. The lowest BCUT2D eigenvalue weighted by molar-refractivity contribution is 0.0531. The normalized spacial score (nSPS) is 11.9. The second kappa shape index (κ2) is 6.13. The summed E-state index contributed by atoms with van der Waals surface area (Å²) in [4.78, 5) is 11.6. The van der Waals surface area contributed by atoms with Crippen molar-refractivity contribution in [1.82, 2.24) is 5.32 Å². The third kappa shape index (κ3) is 5.48. The molecule has 0 heterocycles. The molecule has 1 rings (SSSR count). The van der Waals surface area contributed by atoms with Crippen molar-refractivity contribution >= 4 is 21.6 Å². The fourth-order valence-corrected chi connectivity index (χ4v) is 2.55. The number of carbonyl (C=O) groups excluding carboxylic acids is 1. The van der Waals surface area contributed by atoms with E-state index in [1.165, 1.54) is 24.3 Å². The van der Waals surface area contributed by atoms with Gasteiger partial charge in [-0.2, -0.15) is 0 Å². The number of hydrogen-bond donors (Lipinski definition) is 2. The van der Waals surface area contributed by atoms with Gasteiger partial charge in [-0.05, 0) is 45.0 Å². The summed E-state index contributed by atoms with van der Waals surface area (Å²) in [6, 6.07) is 5.93. The van der Waals surface area contributed by atoms with Crippen LogP contribution in [-0.4, -0.2) is 32.4 Å². The number of nitrogen functional groups attached to an aromatic ring is 1. The van der Waals surface area contributed by atoms with Gasteiger partial charge < -0.3 is 15.8 Å². The molecule has 0 aliphatic carbocycles. The van der Waals surface area contributed by atoms with Crippen LogP contribution in [0.25, 0.3) is 0 Å². The number of sulfone groups is 1. The number of nitrogens with two attached hydrogens (primary N) is 1. The Hall–Kier alpha value is -1.76. The molecule has 0 saturated carbocycles. The van der Waals surface area contributed by atoms with Crippen molar-refractivity contribution in [3.8, 4) is 0 Å². The molecule has 3 N–H and O–H groups in total. The molecule has 0 saturated heterocycles. The lowest BCUT2D eigenvalue weighted by Crippen LogP contribution is -2.35. The van der Waals surface area contributed by atoms with Crippen LogP contribution in [0.15, 0.2) is 29.2 Å². The molecule has 0 aromatic heterocycles. The van der Waals surface area contributed by atoms with E-state index in [-0.39, 0.29) is 17.2 Å². The highest BCUT2D eigenvalue weighted by atomic mass is 32.2. The fourth-order valence-electron chi connectivity index (χ4n) is 1.39. The van der Waals surface area contributed by atoms with Gasteiger partial charge in [-0.15, -0.1) is 0 Å². The van der Waals surface area contributed by atoms with Crippen LogP contribution in [0.2, 0.25) is 0 Å². The first-order valence-electron chi connectivity index (χ1n) is 6.15. The molecule has 0 atom stereocenters. The topological polar surface area (TPSA) is 98.5 Å². The monoisotopic (exact) mass is 300 g/mol. The Morgan fingerprint density at radius 2 is 1.80 bits per heavy atom. The number of hydrogen-bond acceptors (Lipinski definition) is 5. The highest BCUT2D eigenvalue weighted by Crippen LogP contribution is 2.13. The van der Waals surface area contributed by atoms with E-state index >= 15 is 0 Å². The number of amides is 1. The molecule has 1 aromatic rings. The third-order valence-corrected chi connectivity index (χ3v) is 4.01. The number of ether oxygens (including phenoxy) is 1. The van der Waals surface area contributed by atoms with Gasteiger partial charge in [0.15, 0.2) is 9.84 Å². The van der Waals surface area contributed by atoms with Gasteiger partial charge in [0.2, 0.25) is 0 Å². The van der Waals surface area contributed by atoms with Crippen LogP contribution in [0.1, 0.15) is 20.8 Å². The van der Waals surface area contributed by atoms with Gasteiger partial charge in [-0.25, -0.2) is 13.2 Å². The number of alkyl carbamates (subject to hydrolysis) is 1. The Labute approximate surface area is 119 Å². The molecule has 1 aromatic carbocycles. The zero-order valence-corrected chi connectivity index (χ0v) is 12.7. The predicted octanol–water partition coefficient (Wildman–Crippen LogP) is 1.57. The minimum atomic E-state index is -3.44. The standard InChI is InChI=1S/C13H20N2O4S/c1-13(2,3)19-12(16)15-8-9-20(17,18)11-6-4-10(14)5-7-11/h4-7H,8-9,14H2,1-3H3,(H,15,16). The molecule has 0 spiro atoms. The zero-order valence-electron chi connectivity index (χ0n) is 11.8. The van der Waals surface area contributed by atoms with E-state index in [4.69, 9.17) is 10.5 Å². The van der Waals surface area contributed by atoms with Crippen LogP contribution in [-0.2, 0) is 14.6 Å². The minimum Gasteiger partial charge on any atom is -0.444 e. The lowest BCUT2D eigenvalue weighted by atomic mass is 10.2. The summed E-state index contributed by atoms with van der Waals surface area (Å²) in [5.41, 5.74) is 5.39. The van der Waals surface area contributed by atoms with Crippen LogP contribution >= 0.6 is 0 Å². The Bertz CT molecular complexity index is 559. The molecule has 0 aliphatic rings. The van der Waals surface area contributed by atoms with Gasteiger partial charge in [0.25, 0.3) is 0 Å². The quantitative estimate of drug-likeness (QED) is 0.822. The first kappa shape index (κ1) is 16.3. The molecule has 112 valence electrons. The van der Waals surface area contributed by atoms with E-state index < -0.39 is 21.5 Å². The molecule has 0 fully saturated rings. The summed E-state index contributed by atoms with van der Waals surface area (Å²) in [7, 11) is -3.44. The fraction of sp³-hybridized carbons (Fsp3) is 0.462. The molecule has 7 heteroatoms. The molecule has 0 aliphatic heterocycles. The molecule has 6 nitrogen and oxygen atoms in total. The second-order valence-electron chi connectivity index (χ2n) is 5.32. The van der Waals surface area contributed by atoms with Crippen LogP contribution < -0.4 is 11.1 Å². The van der Waals surface area contributed by atoms with Crippen molar-refractivity contribution in [3.05, 3.63) is 24.3 Å². The van der Waals surface area contributed by atoms with E-state index in [9.17, 15) is 13.2 Å². The van der Waals surface area contributed by atoms with Crippen LogP contribution in [0.4, 0.5) is 10.5 Å². The van der Waals surface area contributed by atoms with Crippen molar-refractivity contribution in [1.29, 1.82) is 0 Å². The van der Waals surface area contributed by atoms with Gasteiger partial charge in [0.1, 0.15) is 5.60 Å². The van der Waals surface area contributed by atoms with Crippen LogP contribution in [0.3, 0.4) is 0 Å². The Morgan fingerprint density at radius 1 is 1.25 bits per heavy atom. The molecule has 1 amide bonds. The van der Waals surface area contributed by atoms with Gasteiger partial charge >= 0.3 is 6.09 Å². The summed E-state index contributed by atoms with van der Waals surface area (Å²) in [6.45, 7) is 5.19. The third-order valence-electron chi connectivity index (χ3n) is 2.28. The Kier molecular flexibility index (Phi) is 4.99. The SMILES string of the molecule is CC(C)(C)OC(=O)NCCS(=O)(=O)c1ccc(N)cc1. The van der Waals surface area contributed by atoms with E-state index in [1.807, 2.05) is 0 Å². The number of benzene rings is 1. The van der Waals surface area contributed by atoms with Crippen molar-refractivity contribution < 1.29 is 17.9 Å². The average molecular weight is 300 g/mol. The maximum Gasteiger partial charge on any atom is 0.407 e. The summed E-state index contributed by atoms with van der Waals surface area (Å²) in [5.74, 6) is -0.198. The summed E-state index contributed by atoms with van der Waals surface area (Å²) in [6.07, 6.45) is -0.634. The molecule has 20 heavy (non-hydrogen) atoms. The number of carbonyl (C=O) groups is 1. The average Bonchev–Trinajstić information content (AvgIpc) is 2.26. The first-order chi connectivity index (χ1) is 9.10. The number of nitrogens with one attached hydrogen (secondary N) is 1. The van der Waals surface area contributed by atoms with Crippen LogP contribution in [0.5, 0.6) is 0 Å². The maximum atomic E-state index is 12.0. The summed E-state index contributed by atoms with van der Waals surface area (Å²) >= 11 is 0. The highest BCUT2D eigenvalue weighted by Gasteiger charge is 2.18. The smallest absolute Gasteiger partial charge is 0.407 e. The van der Waals surface area contributed by atoms with Gasteiger partial charge in [0.05, 0.1) is 10.6 Å². The number of anilines is 1. The summed E-state index contributed by atoms with van der Waals surface area (Å²) < 4.78 is 29.0. The van der Waals surface area contributed by atoms with Crippen LogP contribution in [0, 0.1) is 0 Å². The Morgan fingerprint density at radius 3 is 2.30 bits per heavy atom. The van der Waals surface area contributed by atoms with Crippen molar-refractivity contribution in [3.63, 3.8) is 0 Å². The van der Waals surface area contributed by atoms with Gasteiger partial charge in [0, 0.05) is 12.2 Å². The Balaban J connectivity index is 2.53. The van der Waals surface area contributed by atoms with Crippen molar-refractivity contribution in [2.75, 3.05) is 18.0 Å². The van der Waals surface area contributed by atoms with Gasteiger partial charge in [-0.3, -0.25) is 0 Å². The maximum absolute atomic E-state index is 12.0. The van der Waals surface area contributed by atoms with E-state index in [1.54, 1.807) is 20.8 Å². The second-order valence-corrected chi connectivity index (χ2v) is 7.43. The van der Waals surface area contributed by atoms with E-state index in [0.717, 1.165) is 0 Å².